The highest BCUT2D eigenvalue weighted by Gasteiger charge is 2.25. The predicted octanol–water partition coefficient (Wildman–Crippen LogP) is 1.02. The number of hydrogen-bond acceptors (Lipinski definition) is 4. The number of likely N-dealkylation sites (tertiary alicyclic amines) is 1. The van der Waals surface area contributed by atoms with Crippen LogP contribution in [-0.4, -0.2) is 43.0 Å². The summed E-state index contributed by atoms with van der Waals surface area (Å²) < 4.78 is 5.14. The first-order valence-corrected chi connectivity index (χ1v) is 7.01. The van der Waals surface area contributed by atoms with Crippen molar-refractivity contribution in [2.45, 2.75) is 25.8 Å². The van der Waals surface area contributed by atoms with Crippen LogP contribution in [0.2, 0.25) is 0 Å². The van der Waals surface area contributed by atoms with Crippen LogP contribution in [0.15, 0.2) is 18.2 Å². The van der Waals surface area contributed by atoms with Gasteiger partial charge in [-0.05, 0) is 31.0 Å². The number of nitrogens with two attached hydrogens (primary N) is 1. The van der Waals surface area contributed by atoms with Gasteiger partial charge in [-0.25, -0.2) is 0 Å². The summed E-state index contributed by atoms with van der Waals surface area (Å²) in [6, 6.07) is 5.04. The molecule has 1 aromatic carbocycles. The molecule has 1 heterocycles. The average Bonchev–Trinajstić information content (AvgIpc) is 2.46. The summed E-state index contributed by atoms with van der Waals surface area (Å²) in [5.74, 6) is 0.364. The zero-order chi connectivity index (χ0) is 15.4. The lowest BCUT2D eigenvalue weighted by molar-refractivity contribution is -0.120. The van der Waals surface area contributed by atoms with Gasteiger partial charge in [0.15, 0.2) is 0 Å². The third-order valence-corrected chi connectivity index (χ3v) is 3.60. The summed E-state index contributed by atoms with van der Waals surface area (Å²) in [6.45, 7) is 2.72. The normalized spacial score (nSPS) is 18.2. The highest BCUT2D eigenvalue weighted by Crippen LogP contribution is 2.23. The molecule has 1 aliphatic heterocycles. The van der Waals surface area contributed by atoms with Crippen LogP contribution in [0.1, 0.15) is 30.1 Å². The van der Waals surface area contributed by atoms with E-state index in [1.165, 1.54) is 14.0 Å². The molecule has 0 aromatic heterocycles. The number of carbonyl (C=O) groups is 2. The van der Waals surface area contributed by atoms with Crippen molar-refractivity contribution in [3.05, 3.63) is 23.8 Å². The van der Waals surface area contributed by atoms with Crippen LogP contribution in [0.5, 0.6) is 5.75 Å². The number of carbonyl (C=O) groups excluding carboxylic acids is 2. The fourth-order valence-corrected chi connectivity index (χ4v) is 2.59. The molecule has 3 N–H and O–H groups in total. The Morgan fingerprint density at radius 3 is 2.86 bits per heavy atom. The number of nitrogen functional groups attached to an aromatic ring is 1. The van der Waals surface area contributed by atoms with E-state index in [0.717, 1.165) is 12.8 Å². The summed E-state index contributed by atoms with van der Waals surface area (Å²) in [5, 5.41) is 2.87. The lowest BCUT2D eigenvalue weighted by atomic mass is 10.0. The summed E-state index contributed by atoms with van der Waals surface area (Å²) in [6.07, 6.45) is 1.78. The van der Waals surface area contributed by atoms with Gasteiger partial charge in [0.05, 0.1) is 12.8 Å². The van der Waals surface area contributed by atoms with Gasteiger partial charge in [0.2, 0.25) is 5.91 Å². The number of piperidine rings is 1. The van der Waals surface area contributed by atoms with Gasteiger partial charge in [-0.1, -0.05) is 0 Å². The molecule has 2 rings (SSSR count). The molecule has 6 nitrogen and oxygen atoms in total. The minimum atomic E-state index is -0.0663. The van der Waals surface area contributed by atoms with Crippen LogP contribution < -0.4 is 15.8 Å². The first-order chi connectivity index (χ1) is 10.0. The van der Waals surface area contributed by atoms with Crippen LogP contribution in [0, 0.1) is 0 Å². The van der Waals surface area contributed by atoms with Crippen LogP contribution in [0.4, 0.5) is 5.69 Å². The van der Waals surface area contributed by atoms with Crippen LogP contribution >= 0.6 is 0 Å². The molecule has 1 unspecified atom stereocenters. The third-order valence-electron chi connectivity index (χ3n) is 3.60. The van der Waals surface area contributed by atoms with E-state index in [4.69, 9.17) is 10.5 Å². The monoisotopic (exact) mass is 291 g/mol. The Balaban J connectivity index is 2.10. The van der Waals surface area contributed by atoms with Gasteiger partial charge in [0.25, 0.3) is 5.91 Å². The van der Waals surface area contributed by atoms with Gasteiger partial charge in [-0.2, -0.15) is 0 Å². The average molecular weight is 291 g/mol. The van der Waals surface area contributed by atoms with E-state index in [2.05, 4.69) is 5.32 Å². The quantitative estimate of drug-likeness (QED) is 0.814. The number of amides is 2. The molecule has 114 valence electrons. The van der Waals surface area contributed by atoms with Gasteiger partial charge in [-0.15, -0.1) is 0 Å². The van der Waals surface area contributed by atoms with Gasteiger partial charge < -0.3 is 20.7 Å². The van der Waals surface area contributed by atoms with E-state index in [-0.39, 0.29) is 17.9 Å². The van der Waals surface area contributed by atoms with Crippen molar-refractivity contribution in [3.63, 3.8) is 0 Å². The third kappa shape index (κ3) is 3.65. The molecule has 6 heteroatoms. The van der Waals surface area contributed by atoms with Crippen molar-refractivity contribution in [1.29, 1.82) is 0 Å². The number of nitrogens with one attached hydrogen (secondary N) is 1. The Kier molecular flexibility index (Phi) is 4.67. The van der Waals surface area contributed by atoms with Crippen molar-refractivity contribution >= 4 is 17.5 Å². The number of nitrogens with zero attached hydrogens (tertiary/aromatic N) is 1. The molecule has 0 spiro atoms. The minimum Gasteiger partial charge on any atom is -0.495 e. The Bertz CT molecular complexity index is 545. The molecule has 0 bridgehead atoms. The minimum absolute atomic E-state index is 0.0240. The molecule has 1 fully saturated rings. The number of ether oxygens (including phenoxy) is 1. The predicted molar refractivity (Wildman–Crippen MR) is 80.1 cm³/mol. The zero-order valence-corrected chi connectivity index (χ0v) is 12.4. The first-order valence-electron chi connectivity index (χ1n) is 7.01. The molecule has 2 amide bonds. The Labute approximate surface area is 124 Å². The zero-order valence-electron chi connectivity index (χ0n) is 12.4. The number of hydrogen-bond donors (Lipinski definition) is 2. The fourth-order valence-electron chi connectivity index (χ4n) is 2.59. The lowest BCUT2D eigenvalue weighted by Gasteiger charge is -2.33. The van der Waals surface area contributed by atoms with Crippen molar-refractivity contribution in [1.82, 2.24) is 10.2 Å². The molecule has 1 atom stereocenters. The molecule has 1 saturated heterocycles. The number of anilines is 1. The molecule has 1 aliphatic rings. The fraction of sp³-hybridized carbons (Fsp3) is 0.467. The second kappa shape index (κ2) is 6.47. The smallest absolute Gasteiger partial charge is 0.254 e. The van der Waals surface area contributed by atoms with Crippen molar-refractivity contribution < 1.29 is 14.3 Å². The second-order valence-electron chi connectivity index (χ2n) is 5.25. The molecular formula is C15H21N3O3. The summed E-state index contributed by atoms with van der Waals surface area (Å²) in [4.78, 5) is 25.4. The molecule has 0 radical (unpaired) electrons. The van der Waals surface area contributed by atoms with E-state index in [9.17, 15) is 9.59 Å². The van der Waals surface area contributed by atoms with E-state index in [1.54, 1.807) is 23.1 Å². The maximum atomic E-state index is 12.5. The molecule has 1 aromatic rings. The number of methoxy groups -OCH3 is 1. The van der Waals surface area contributed by atoms with Crippen molar-refractivity contribution in [2.24, 2.45) is 0 Å². The second-order valence-corrected chi connectivity index (χ2v) is 5.25. The largest absolute Gasteiger partial charge is 0.495 e. The summed E-state index contributed by atoms with van der Waals surface area (Å²) in [5.41, 5.74) is 6.81. The number of benzene rings is 1. The maximum Gasteiger partial charge on any atom is 0.254 e. The van der Waals surface area contributed by atoms with E-state index >= 15 is 0 Å². The standard InChI is InChI=1S/C15H21N3O3/c1-10(19)17-12-4-3-7-18(9-12)15(20)11-5-6-13(16)14(8-11)21-2/h5-6,8,12H,3-4,7,9,16H2,1-2H3,(H,17,19). The highest BCUT2D eigenvalue weighted by molar-refractivity contribution is 5.95. The molecule has 0 saturated carbocycles. The summed E-state index contributed by atoms with van der Waals surface area (Å²) >= 11 is 0. The first kappa shape index (κ1) is 15.2. The van der Waals surface area contributed by atoms with E-state index < -0.39 is 0 Å². The summed E-state index contributed by atoms with van der Waals surface area (Å²) in [7, 11) is 1.52. The maximum absolute atomic E-state index is 12.5. The lowest BCUT2D eigenvalue weighted by Crippen LogP contribution is -2.49. The van der Waals surface area contributed by atoms with Gasteiger partial charge in [0, 0.05) is 31.6 Å². The van der Waals surface area contributed by atoms with E-state index in [1.807, 2.05) is 0 Å². The Hall–Kier alpha value is -2.24. The van der Waals surface area contributed by atoms with Crippen molar-refractivity contribution in [2.75, 3.05) is 25.9 Å². The molecular weight excluding hydrogens is 270 g/mol. The van der Waals surface area contributed by atoms with Gasteiger partial charge in [-0.3, -0.25) is 9.59 Å². The molecule has 21 heavy (non-hydrogen) atoms. The SMILES string of the molecule is COc1cc(C(=O)N2CCCC(NC(C)=O)C2)ccc1N. The molecule has 0 aliphatic carbocycles. The topological polar surface area (TPSA) is 84.7 Å². The van der Waals surface area contributed by atoms with Crippen LogP contribution in [-0.2, 0) is 4.79 Å². The Morgan fingerprint density at radius 1 is 1.43 bits per heavy atom. The van der Waals surface area contributed by atoms with Crippen LogP contribution in [0.25, 0.3) is 0 Å². The number of rotatable bonds is 3. The Morgan fingerprint density at radius 2 is 2.19 bits per heavy atom. The van der Waals surface area contributed by atoms with Gasteiger partial charge in [0.1, 0.15) is 5.75 Å². The van der Waals surface area contributed by atoms with E-state index in [0.29, 0.717) is 30.1 Å². The van der Waals surface area contributed by atoms with Crippen LogP contribution in [0.3, 0.4) is 0 Å². The highest BCUT2D eigenvalue weighted by atomic mass is 16.5. The van der Waals surface area contributed by atoms with Crippen molar-refractivity contribution in [3.8, 4) is 5.75 Å². The van der Waals surface area contributed by atoms with Gasteiger partial charge >= 0.3 is 0 Å².